The van der Waals surface area contributed by atoms with Gasteiger partial charge in [-0.05, 0) is 54.0 Å². The van der Waals surface area contributed by atoms with Gasteiger partial charge in [-0.25, -0.2) is 9.78 Å². The summed E-state index contributed by atoms with van der Waals surface area (Å²) in [6, 6.07) is 14.2. The van der Waals surface area contributed by atoms with Crippen LogP contribution in [-0.2, 0) is 16.1 Å². The van der Waals surface area contributed by atoms with E-state index in [-0.39, 0.29) is 23.3 Å². The Morgan fingerprint density at radius 3 is 2.53 bits per heavy atom. The van der Waals surface area contributed by atoms with E-state index in [2.05, 4.69) is 35.2 Å². The second kappa shape index (κ2) is 11.1. The molecule has 2 aliphatic heterocycles. The van der Waals surface area contributed by atoms with Crippen molar-refractivity contribution in [3.63, 3.8) is 0 Å². The van der Waals surface area contributed by atoms with Gasteiger partial charge in [-0.1, -0.05) is 12.1 Å². The van der Waals surface area contributed by atoms with Crippen LogP contribution in [0.5, 0.6) is 5.88 Å². The third kappa shape index (κ3) is 5.36. The standard InChI is InChI=1S/C27H27N3O5S/c28-15-23-22(19-5-9-33-10-6-19)14-24(20-1-3-21(4-2-20)30-7-11-34-12-8-30)29-26(23)35-16-18-13-25(27(31)32)36-17-18/h1-4,13-14,17,19H,5-12,16H2,(H,31,32). The van der Waals surface area contributed by atoms with Crippen molar-refractivity contribution in [1.82, 2.24) is 4.98 Å². The summed E-state index contributed by atoms with van der Waals surface area (Å²) < 4.78 is 17.1. The van der Waals surface area contributed by atoms with Crippen LogP contribution in [0.2, 0.25) is 0 Å². The maximum atomic E-state index is 11.2. The number of aromatic nitrogens is 1. The molecule has 0 amide bonds. The van der Waals surface area contributed by atoms with E-state index in [4.69, 9.17) is 19.2 Å². The number of morpholine rings is 1. The van der Waals surface area contributed by atoms with Gasteiger partial charge in [-0.2, -0.15) is 5.26 Å². The fourth-order valence-corrected chi connectivity index (χ4v) is 5.35. The Bertz CT molecular complexity index is 1260. The van der Waals surface area contributed by atoms with Crippen molar-refractivity contribution in [1.29, 1.82) is 5.26 Å². The first kappa shape index (κ1) is 24.3. The third-order valence-electron chi connectivity index (χ3n) is 6.57. The van der Waals surface area contributed by atoms with Crippen molar-refractivity contribution in [3.8, 4) is 23.2 Å². The molecule has 2 aliphatic rings. The first-order valence-corrected chi connectivity index (χ1v) is 12.9. The molecule has 0 saturated carbocycles. The Labute approximate surface area is 213 Å². The van der Waals surface area contributed by atoms with Crippen LogP contribution in [-0.4, -0.2) is 55.6 Å². The molecule has 186 valence electrons. The highest BCUT2D eigenvalue weighted by Gasteiger charge is 2.24. The van der Waals surface area contributed by atoms with Crippen LogP contribution >= 0.6 is 11.3 Å². The molecule has 4 heterocycles. The largest absolute Gasteiger partial charge is 0.477 e. The number of nitriles is 1. The number of carboxylic acid groups (broad SMARTS) is 1. The minimum atomic E-state index is -0.966. The van der Waals surface area contributed by atoms with Gasteiger partial charge in [0.25, 0.3) is 0 Å². The van der Waals surface area contributed by atoms with Gasteiger partial charge in [0.05, 0.1) is 18.9 Å². The number of ether oxygens (including phenoxy) is 3. The molecule has 8 nitrogen and oxygen atoms in total. The van der Waals surface area contributed by atoms with Crippen LogP contribution in [0.15, 0.2) is 41.8 Å². The third-order valence-corrected chi connectivity index (χ3v) is 7.54. The van der Waals surface area contributed by atoms with Crippen LogP contribution in [0.4, 0.5) is 5.69 Å². The van der Waals surface area contributed by atoms with Crippen LogP contribution in [0.25, 0.3) is 11.3 Å². The maximum absolute atomic E-state index is 11.2. The van der Waals surface area contributed by atoms with E-state index in [1.807, 2.05) is 6.07 Å². The molecule has 0 atom stereocenters. The van der Waals surface area contributed by atoms with Crippen LogP contribution in [0, 0.1) is 11.3 Å². The molecule has 2 aromatic heterocycles. The quantitative estimate of drug-likeness (QED) is 0.493. The molecule has 0 radical (unpaired) electrons. The lowest BCUT2D eigenvalue weighted by Gasteiger charge is -2.29. The molecular formula is C27H27N3O5S. The van der Waals surface area contributed by atoms with E-state index < -0.39 is 5.97 Å². The highest BCUT2D eigenvalue weighted by molar-refractivity contribution is 7.12. The minimum Gasteiger partial charge on any atom is -0.477 e. The molecule has 0 unspecified atom stereocenters. The summed E-state index contributed by atoms with van der Waals surface area (Å²) in [5, 5.41) is 21.0. The predicted molar refractivity (Wildman–Crippen MR) is 136 cm³/mol. The van der Waals surface area contributed by atoms with Crippen molar-refractivity contribution in [2.24, 2.45) is 0 Å². The van der Waals surface area contributed by atoms with E-state index in [1.54, 1.807) is 11.4 Å². The van der Waals surface area contributed by atoms with Gasteiger partial charge in [-0.3, -0.25) is 0 Å². The number of rotatable bonds is 7. The summed E-state index contributed by atoms with van der Waals surface area (Å²) in [6.07, 6.45) is 1.67. The monoisotopic (exact) mass is 505 g/mol. The molecule has 2 fully saturated rings. The Morgan fingerprint density at radius 1 is 1.14 bits per heavy atom. The van der Waals surface area contributed by atoms with E-state index in [0.29, 0.717) is 18.8 Å². The van der Waals surface area contributed by atoms with E-state index in [1.165, 1.54) is 0 Å². The number of benzene rings is 1. The molecular weight excluding hydrogens is 478 g/mol. The summed E-state index contributed by atoms with van der Waals surface area (Å²) in [4.78, 5) is 18.5. The zero-order chi connectivity index (χ0) is 24.9. The molecule has 0 aliphatic carbocycles. The Balaban J connectivity index is 1.47. The molecule has 0 spiro atoms. The van der Waals surface area contributed by atoms with Crippen molar-refractivity contribution in [2.75, 3.05) is 44.4 Å². The second-order valence-corrected chi connectivity index (χ2v) is 9.75. The molecule has 9 heteroatoms. The molecule has 2 saturated heterocycles. The summed E-state index contributed by atoms with van der Waals surface area (Å²) in [6.45, 7) is 4.64. The first-order valence-electron chi connectivity index (χ1n) is 12.0. The zero-order valence-electron chi connectivity index (χ0n) is 19.8. The van der Waals surface area contributed by atoms with Gasteiger partial charge in [-0.15, -0.1) is 11.3 Å². The zero-order valence-corrected chi connectivity index (χ0v) is 20.6. The molecule has 1 N–H and O–H groups in total. The number of pyridine rings is 1. The highest BCUT2D eigenvalue weighted by atomic mass is 32.1. The van der Waals surface area contributed by atoms with Gasteiger partial charge in [0, 0.05) is 43.1 Å². The Morgan fingerprint density at radius 2 is 1.86 bits per heavy atom. The fourth-order valence-electron chi connectivity index (χ4n) is 4.62. The Hall–Kier alpha value is -3.45. The number of carboxylic acids is 1. The summed E-state index contributed by atoms with van der Waals surface area (Å²) in [5.74, 6) is -0.506. The first-order chi connectivity index (χ1) is 17.6. The number of hydrogen-bond acceptors (Lipinski definition) is 8. The van der Waals surface area contributed by atoms with E-state index in [0.717, 1.165) is 78.6 Å². The van der Waals surface area contributed by atoms with Crippen LogP contribution in [0.3, 0.4) is 0 Å². The number of aromatic carboxylic acids is 1. The molecule has 1 aromatic carbocycles. The fraction of sp³-hybridized carbons (Fsp3) is 0.370. The van der Waals surface area contributed by atoms with Gasteiger partial charge in [0.1, 0.15) is 23.1 Å². The topological polar surface area (TPSA) is 105 Å². The normalized spacial score (nSPS) is 16.5. The summed E-state index contributed by atoms with van der Waals surface area (Å²) in [5.41, 5.74) is 4.92. The summed E-state index contributed by atoms with van der Waals surface area (Å²) in [7, 11) is 0. The number of nitrogens with zero attached hydrogens (tertiary/aromatic N) is 3. The van der Waals surface area contributed by atoms with Crippen molar-refractivity contribution in [3.05, 3.63) is 63.3 Å². The number of hydrogen-bond donors (Lipinski definition) is 1. The lowest BCUT2D eigenvalue weighted by molar-refractivity contribution is 0.0702. The van der Waals surface area contributed by atoms with Gasteiger partial charge in [0.15, 0.2) is 0 Å². The SMILES string of the molecule is N#Cc1c(C2CCOCC2)cc(-c2ccc(N3CCOCC3)cc2)nc1OCc1csc(C(=O)O)c1. The maximum Gasteiger partial charge on any atom is 0.345 e. The average Bonchev–Trinajstić information content (AvgIpc) is 3.42. The molecule has 5 rings (SSSR count). The average molecular weight is 506 g/mol. The number of carbonyl (C=O) groups is 1. The van der Waals surface area contributed by atoms with Crippen molar-refractivity contribution >= 4 is 23.0 Å². The number of thiophene rings is 1. The van der Waals surface area contributed by atoms with Crippen molar-refractivity contribution < 1.29 is 24.1 Å². The lowest BCUT2D eigenvalue weighted by Crippen LogP contribution is -2.36. The molecule has 0 bridgehead atoms. The van der Waals surface area contributed by atoms with Gasteiger partial charge >= 0.3 is 5.97 Å². The molecule has 36 heavy (non-hydrogen) atoms. The van der Waals surface area contributed by atoms with Gasteiger partial charge < -0.3 is 24.2 Å². The van der Waals surface area contributed by atoms with Crippen molar-refractivity contribution in [2.45, 2.75) is 25.4 Å². The smallest absolute Gasteiger partial charge is 0.345 e. The summed E-state index contributed by atoms with van der Waals surface area (Å²) >= 11 is 1.15. The highest BCUT2D eigenvalue weighted by Crippen LogP contribution is 2.36. The number of anilines is 1. The minimum absolute atomic E-state index is 0.137. The van der Waals surface area contributed by atoms with Crippen LogP contribution < -0.4 is 9.64 Å². The van der Waals surface area contributed by atoms with E-state index >= 15 is 0 Å². The van der Waals surface area contributed by atoms with Gasteiger partial charge in [0.2, 0.25) is 5.88 Å². The second-order valence-electron chi connectivity index (χ2n) is 8.83. The Kier molecular flexibility index (Phi) is 7.47. The predicted octanol–water partition coefficient (Wildman–Crippen LogP) is 4.69. The van der Waals surface area contributed by atoms with E-state index in [9.17, 15) is 15.2 Å². The lowest BCUT2D eigenvalue weighted by atomic mass is 9.88. The van der Waals surface area contributed by atoms with Crippen LogP contribution in [0.1, 0.15) is 45.1 Å². The molecule has 3 aromatic rings.